The summed E-state index contributed by atoms with van der Waals surface area (Å²) in [5, 5.41) is 3.47. The van der Waals surface area contributed by atoms with E-state index in [0.717, 1.165) is 24.0 Å². The molecule has 0 aliphatic carbocycles. The van der Waals surface area contributed by atoms with E-state index >= 15 is 0 Å². The number of carbonyl (C=O) groups excluding carboxylic acids is 1. The van der Waals surface area contributed by atoms with Gasteiger partial charge in [0.05, 0.1) is 17.4 Å². The normalized spacial score (nSPS) is 18.6. The summed E-state index contributed by atoms with van der Waals surface area (Å²) in [5.41, 5.74) is 3.43. The first-order valence-corrected chi connectivity index (χ1v) is 10.5. The average molecular weight is 442 g/mol. The molecule has 1 amide bonds. The van der Waals surface area contributed by atoms with E-state index in [1.807, 2.05) is 6.92 Å². The lowest BCUT2D eigenvalue weighted by atomic mass is 9.82. The highest BCUT2D eigenvalue weighted by Crippen LogP contribution is 2.43. The Labute approximate surface area is 184 Å². The SMILES string of the molecule is Cc1c(Cl)ncc(C2CC(c3ccc(F)cc3)CCN2C=O)c1Nc1ccccc1F. The topological polar surface area (TPSA) is 45.2 Å². The van der Waals surface area contributed by atoms with Gasteiger partial charge >= 0.3 is 0 Å². The highest BCUT2D eigenvalue weighted by atomic mass is 35.5. The summed E-state index contributed by atoms with van der Waals surface area (Å²) in [6, 6.07) is 12.6. The summed E-state index contributed by atoms with van der Waals surface area (Å²) in [4.78, 5) is 17.9. The molecule has 1 saturated heterocycles. The molecule has 3 aromatic rings. The summed E-state index contributed by atoms with van der Waals surface area (Å²) in [7, 11) is 0. The van der Waals surface area contributed by atoms with E-state index < -0.39 is 0 Å². The highest BCUT2D eigenvalue weighted by Gasteiger charge is 2.32. The zero-order valence-electron chi connectivity index (χ0n) is 17.0. The Morgan fingerprint density at radius 1 is 1.16 bits per heavy atom. The standard InChI is InChI=1S/C24H22ClF2N3O/c1-15-23(29-21-5-3-2-4-20(21)27)19(13-28-24(15)25)22-12-17(10-11-30(22)14-31)16-6-8-18(26)9-7-16/h2-9,13-14,17,22H,10-12H2,1H3,(H,28,29). The molecule has 2 heterocycles. The van der Waals surface area contributed by atoms with Crippen LogP contribution in [0.2, 0.25) is 5.15 Å². The lowest BCUT2D eigenvalue weighted by Gasteiger charge is -2.38. The number of anilines is 2. The second kappa shape index (κ2) is 9.02. The molecule has 4 rings (SSSR count). The van der Waals surface area contributed by atoms with Gasteiger partial charge in [-0.2, -0.15) is 0 Å². The third-order valence-corrected chi connectivity index (χ3v) is 6.28. The van der Waals surface area contributed by atoms with Gasteiger partial charge in [0.1, 0.15) is 16.8 Å². The van der Waals surface area contributed by atoms with E-state index in [-0.39, 0.29) is 23.6 Å². The van der Waals surface area contributed by atoms with Crippen LogP contribution in [0.5, 0.6) is 0 Å². The van der Waals surface area contributed by atoms with Crippen LogP contribution in [0.15, 0.2) is 54.7 Å². The Bertz CT molecular complexity index is 1090. The summed E-state index contributed by atoms with van der Waals surface area (Å²) in [6.45, 7) is 2.37. The van der Waals surface area contributed by atoms with Gasteiger partial charge in [-0.05, 0) is 55.5 Å². The number of halogens is 3. The minimum absolute atomic E-state index is 0.152. The van der Waals surface area contributed by atoms with Gasteiger partial charge in [-0.15, -0.1) is 0 Å². The Kier molecular flexibility index (Phi) is 6.18. The average Bonchev–Trinajstić information content (AvgIpc) is 2.78. The molecule has 2 atom stereocenters. The van der Waals surface area contributed by atoms with Gasteiger partial charge in [-0.3, -0.25) is 4.79 Å². The van der Waals surface area contributed by atoms with Gasteiger partial charge in [0.15, 0.2) is 0 Å². The monoisotopic (exact) mass is 441 g/mol. The maximum Gasteiger partial charge on any atom is 0.210 e. The number of aromatic nitrogens is 1. The van der Waals surface area contributed by atoms with E-state index in [2.05, 4.69) is 10.3 Å². The molecule has 2 aromatic carbocycles. The molecular weight excluding hydrogens is 420 g/mol. The minimum atomic E-state index is -0.388. The molecule has 7 heteroatoms. The van der Waals surface area contributed by atoms with E-state index in [0.29, 0.717) is 35.1 Å². The number of carbonyl (C=O) groups is 1. The predicted octanol–water partition coefficient (Wildman–Crippen LogP) is 6.14. The number of likely N-dealkylation sites (tertiary alicyclic amines) is 1. The molecular formula is C24H22ClF2N3O. The van der Waals surface area contributed by atoms with Gasteiger partial charge in [0, 0.05) is 23.9 Å². The van der Waals surface area contributed by atoms with Crippen LogP contribution in [0.1, 0.15) is 41.5 Å². The number of hydrogen-bond acceptors (Lipinski definition) is 3. The van der Waals surface area contributed by atoms with Crippen molar-refractivity contribution in [1.29, 1.82) is 0 Å². The van der Waals surface area contributed by atoms with Crippen LogP contribution in [0.3, 0.4) is 0 Å². The van der Waals surface area contributed by atoms with Crippen molar-refractivity contribution in [3.05, 3.63) is 88.2 Å². The fourth-order valence-electron chi connectivity index (χ4n) is 4.18. The molecule has 2 unspecified atom stereocenters. The van der Waals surface area contributed by atoms with Gasteiger partial charge in [-0.25, -0.2) is 13.8 Å². The predicted molar refractivity (Wildman–Crippen MR) is 118 cm³/mol. The van der Waals surface area contributed by atoms with Crippen LogP contribution in [0.4, 0.5) is 20.2 Å². The first-order chi connectivity index (χ1) is 15.0. The molecule has 31 heavy (non-hydrogen) atoms. The van der Waals surface area contributed by atoms with Crippen molar-refractivity contribution in [2.24, 2.45) is 0 Å². The maximum atomic E-state index is 14.3. The van der Waals surface area contributed by atoms with E-state index in [9.17, 15) is 13.6 Å². The summed E-state index contributed by atoms with van der Waals surface area (Å²) in [5.74, 6) is -0.514. The van der Waals surface area contributed by atoms with E-state index in [1.54, 1.807) is 41.4 Å². The second-order valence-electron chi connectivity index (χ2n) is 7.74. The number of rotatable bonds is 5. The Hall–Kier alpha value is -2.99. The third-order valence-electron chi connectivity index (χ3n) is 5.90. The molecule has 0 radical (unpaired) electrons. The zero-order valence-corrected chi connectivity index (χ0v) is 17.7. The van der Waals surface area contributed by atoms with Crippen molar-refractivity contribution in [2.45, 2.75) is 31.7 Å². The number of nitrogens with zero attached hydrogens (tertiary/aromatic N) is 2. The molecule has 0 bridgehead atoms. The number of hydrogen-bond donors (Lipinski definition) is 1. The number of nitrogens with one attached hydrogen (secondary N) is 1. The van der Waals surface area contributed by atoms with Crippen molar-refractivity contribution in [1.82, 2.24) is 9.88 Å². The largest absolute Gasteiger partial charge is 0.352 e. The van der Waals surface area contributed by atoms with Crippen LogP contribution < -0.4 is 5.32 Å². The molecule has 1 aliphatic rings. The van der Waals surface area contributed by atoms with Crippen molar-refractivity contribution in [3.8, 4) is 0 Å². The smallest absolute Gasteiger partial charge is 0.210 e. The van der Waals surface area contributed by atoms with Crippen LogP contribution in [0.25, 0.3) is 0 Å². The molecule has 160 valence electrons. The summed E-state index contributed by atoms with van der Waals surface area (Å²) in [6.07, 6.45) is 3.89. The van der Waals surface area contributed by atoms with Crippen molar-refractivity contribution >= 4 is 29.4 Å². The van der Waals surface area contributed by atoms with Crippen LogP contribution in [-0.2, 0) is 4.79 Å². The Morgan fingerprint density at radius 2 is 1.90 bits per heavy atom. The molecule has 1 aromatic heterocycles. The number of piperidine rings is 1. The third kappa shape index (κ3) is 4.39. The Balaban J connectivity index is 1.73. The molecule has 1 aliphatic heterocycles. The first-order valence-electron chi connectivity index (χ1n) is 10.1. The molecule has 0 saturated carbocycles. The maximum absolute atomic E-state index is 14.3. The fraction of sp³-hybridized carbons (Fsp3) is 0.250. The van der Waals surface area contributed by atoms with Crippen LogP contribution >= 0.6 is 11.6 Å². The van der Waals surface area contributed by atoms with Crippen LogP contribution in [-0.4, -0.2) is 22.8 Å². The van der Waals surface area contributed by atoms with Crippen molar-refractivity contribution < 1.29 is 13.6 Å². The highest BCUT2D eigenvalue weighted by molar-refractivity contribution is 6.30. The fourth-order valence-corrected chi connectivity index (χ4v) is 4.32. The quantitative estimate of drug-likeness (QED) is 0.382. The minimum Gasteiger partial charge on any atom is -0.352 e. The molecule has 1 fully saturated rings. The number of para-hydroxylation sites is 1. The molecule has 4 nitrogen and oxygen atoms in total. The zero-order chi connectivity index (χ0) is 22.0. The van der Waals surface area contributed by atoms with Crippen LogP contribution in [0, 0.1) is 18.6 Å². The van der Waals surface area contributed by atoms with Gasteiger partial charge in [0.2, 0.25) is 6.41 Å². The lowest BCUT2D eigenvalue weighted by Crippen LogP contribution is -2.35. The number of pyridine rings is 1. The lowest BCUT2D eigenvalue weighted by molar-refractivity contribution is -0.121. The van der Waals surface area contributed by atoms with Gasteiger partial charge < -0.3 is 10.2 Å². The summed E-state index contributed by atoms with van der Waals surface area (Å²) < 4.78 is 27.7. The second-order valence-corrected chi connectivity index (χ2v) is 8.10. The van der Waals surface area contributed by atoms with Gasteiger partial charge in [0.25, 0.3) is 0 Å². The molecule has 0 spiro atoms. The number of amides is 1. The first kappa shape index (κ1) is 21.2. The Morgan fingerprint density at radius 3 is 2.61 bits per heavy atom. The van der Waals surface area contributed by atoms with E-state index in [1.165, 1.54) is 18.2 Å². The van der Waals surface area contributed by atoms with Crippen molar-refractivity contribution in [3.63, 3.8) is 0 Å². The van der Waals surface area contributed by atoms with Gasteiger partial charge in [-0.1, -0.05) is 35.9 Å². The molecule has 1 N–H and O–H groups in total. The van der Waals surface area contributed by atoms with Crippen molar-refractivity contribution in [2.75, 3.05) is 11.9 Å². The number of benzene rings is 2. The summed E-state index contributed by atoms with van der Waals surface area (Å²) >= 11 is 6.28. The van der Waals surface area contributed by atoms with E-state index in [4.69, 9.17) is 11.6 Å².